The summed E-state index contributed by atoms with van der Waals surface area (Å²) >= 11 is 3.34. The van der Waals surface area contributed by atoms with Gasteiger partial charge in [-0.05, 0) is 41.3 Å². The molecule has 0 aromatic carbocycles. The summed E-state index contributed by atoms with van der Waals surface area (Å²) in [6, 6.07) is 2.27. The van der Waals surface area contributed by atoms with Crippen LogP contribution in [0.25, 0.3) is 0 Å². The normalized spacial score (nSPS) is 20.9. The van der Waals surface area contributed by atoms with Crippen LogP contribution in [-0.4, -0.2) is 28.4 Å². The van der Waals surface area contributed by atoms with Crippen LogP contribution in [0.15, 0.2) is 16.7 Å². The molecule has 1 atom stereocenters. The van der Waals surface area contributed by atoms with Crippen molar-refractivity contribution in [3.63, 3.8) is 0 Å². The number of hydrogen-bond acceptors (Lipinski definition) is 1. The van der Waals surface area contributed by atoms with E-state index in [1.165, 1.54) is 0 Å². The molecule has 0 bridgehead atoms. The first-order valence-corrected chi connectivity index (χ1v) is 6.16. The minimum Gasteiger partial charge on any atom is -0.356 e. The molecule has 2 rings (SSSR count). The predicted molar refractivity (Wildman–Crippen MR) is 62.8 cm³/mol. The average molecular weight is 271 g/mol. The van der Waals surface area contributed by atoms with Gasteiger partial charge in [-0.1, -0.05) is 6.92 Å². The van der Waals surface area contributed by atoms with Crippen molar-refractivity contribution in [2.45, 2.75) is 32.2 Å². The molecule has 1 saturated heterocycles. The van der Waals surface area contributed by atoms with Gasteiger partial charge in [-0.25, -0.2) is 0 Å². The molecule has 1 N–H and O–H groups in total. The Morgan fingerprint density at radius 2 is 2.53 bits per heavy atom. The average Bonchev–Trinajstić information content (AvgIpc) is 2.84. The van der Waals surface area contributed by atoms with Gasteiger partial charge in [0.1, 0.15) is 5.69 Å². The van der Waals surface area contributed by atoms with Crippen molar-refractivity contribution in [1.82, 2.24) is 9.88 Å². The number of halogens is 1. The molecule has 1 unspecified atom stereocenters. The monoisotopic (exact) mass is 270 g/mol. The van der Waals surface area contributed by atoms with Gasteiger partial charge in [0.05, 0.1) is 0 Å². The van der Waals surface area contributed by atoms with Gasteiger partial charge in [0.2, 0.25) is 0 Å². The molecule has 82 valence electrons. The van der Waals surface area contributed by atoms with Crippen LogP contribution in [0, 0.1) is 0 Å². The first kappa shape index (κ1) is 10.7. The maximum atomic E-state index is 12.1. The highest BCUT2D eigenvalue weighted by molar-refractivity contribution is 9.10. The van der Waals surface area contributed by atoms with Crippen LogP contribution in [0.5, 0.6) is 0 Å². The Balaban J connectivity index is 2.13. The fraction of sp³-hybridized carbons (Fsp3) is 0.545. The largest absolute Gasteiger partial charge is 0.356 e. The zero-order valence-corrected chi connectivity index (χ0v) is 10.4. The van der Waals surface area contributed by atoms with Crippen molar-refractivity contribution in [3.8, 4) is 0 Å². The van der Waals surface area contributed by atoms with E-state index in [4.69, 9.17) is 0 Å². The van der Waals surface area contributed by atoms with Crippen molar-refractivity contribution < 1.29 is 4.79 Å². The van der Waals surface area contributed by atoms with Crippen LogP contribution < -0.4 is 0 Å². The molecular formula is C11H15BrN2O. The minimum absolute atomic E-state index is 0.130. The summed E-state index contributed by atoms with van der Waals surface area (Å²) in [7, 11) is 0. The topological polar surface area (TPSA) is 36.1 Å². The zero-order valence-electron chi connectivity index (χ0n) is 8.79. The highest BCUT2D eigenvalue weighted by atomic mass is 79.9. The number of aromatic nitrogens is 1. The van der Waals surface area contributed by atoms with E-state index in [1.807, 2.05) is 11.0 Å². The molecule has 0 spiro atoms. The smallest absolute Gasteiger partial charge is 0.270 e. The lowest BCUT2D eigenvalue weighted by Gasteiger charge is -2.22. The molecule has 1 aliphatic heterocycles. The van der Waals surface area contributed by atoms with Crippen LogP contribution in [0.3, 0.4) is 0 Å². The molecule has 3 nitrogen and oxygen atoms in total. The molecule has 15 heavy (non-hydrogen) atoms. The number of amides is 1. The molecule has 1 aromatic rings. The molecule has 0 radical (unpaired) electrons. The number of hydrogen-bond donors (Lipinski definition) is 1. The van der Waals surface area contributed by atoms with Gasteiger partial charge in [0.15, 0.2) is 0 Å². The van der Waals surface area contributed by atoms with E-state index in [9.17, 15) is 4.79 Å². The molecule has 1 aliphatic rings. The van der Waals surface area contributed by atoms with Gasteiger partial charge in [-0.3, -0.25) is 4.79 Å². The number of aromatic amines is 1. The highest BCUT2D eigenvalue weighted by Gasteiger charge is 2.28. The van der Waals surface area contributed by atoms with Crippen molar-refractivity contribution in [2.75, 3.05) is 6.54 Å². The van der Waals surface area contributed by atoms with Crippen LogP contribution in [0.2, 0.25) is 0 Å². The Hall–Kier alpha value is -0.770. The lowest BCUT2D eigenvalue weighted by Crippen LogP contribution is -2.35. The second kappa shape index (κ2) is 4.39. The van der Waals surface area contributed by atoms with Gasteiger partial charge in [-0.15, -0.1) is 0 Å². The van der Waals surface area contributed by atoms with Gasteiger partial charge < -0.3 is 9.88 Å². The maximum Gasteiger partial charge on any atom is 0.270 e. The fourth-order valence-corrected chi connectivity index (χ4v) is 2.52. The number of nitrogens with one attached hydrogen (secondary N) is 1. The quantitative estimate of drug-likeness (QED) is 0.882. The Bertz CT molecular complexity index is 361. The van der Waals surface area contributed by atoms with Gasteiger partial charge >= 0.3 is 0 Å². The summed E-state index contributed by atoms with van der Waals surface area (Å²) in [6.07, 6.45) is 5.12. The molecular weight excluding hydrogens is 256 g/mol. The standard InChI is InChI=1S/C11H15BrN2O/c1-2-9-4-3-5-14(9)11(15)10-6-8(12)7-13-10/h6-7,9,13H,2-5H2,1H3. The third kappa shape index (κ3) is 2.09. The number of rotatable bonds is 2. The van der Waals surface area contributed by atoms with Crippen LogP contribution in [0.4, 0.5) is 0 Å². The maximum absolute atomic E-state index is 12.1. The Labute approximate surface area is 98.0 Å². The van der Waals surface area contributed by atoms with Gasteiger partial charge in [0, 0.05) is 23.3 Å². The Kier molecular flexibility index (Phi) is 3.14. The number of likely N-dealkylation sites (tertiary alicyclic amines) is 1. The molecule has 4 heteroatoms. The Morgan fingerprint density at radius 3 is 3.13 bits per heavy atom. The zero-order chi connectivity index (χ0) is 10.8. The third-order valence-electron chi connectivity index (χ3n) is 2.99. The van der Waals surface area contributed by atoms with Crippen LogP contribution in [-0.2, 0) is 0 Å². The van der Waals surface area contributed by atoms with Gasteiger partial charge in [-0.2, -0.15) is 0 Å². The SMILES string of the molecule is CCC1CCCN1C(=O)c1cc(Br)c[nH]1. The molecule has 0 aliphatic carbocycles. The lowest BCUT2D eigenvalue weighted by atomic mass is 10.1. The first-order chi connectivity index (χ1) is 7.22. The molecule has 2 heterocycles. The second-order valence-electron chi connectivity index (χ2n) is 3.93. The summed E-state index contributed by atoms with van der Waals surface area (Å²) in [6.45, 7) is 3.04. The number of H-pyrrole nitrogens is 1. The van der Waals surface area contributed by atoms with Crippen molar-refractivity contribution in [1.29, 1.82) is 0 Å². The fourth-order valence-electron chi connectivity index (χ4n) is 2.17. The van der Waals surface area contributed by atoms with E-state index in [0.29, 0.717) is 11.7 Å². The predicted octanol–water partition coefficient (Wildman–Crippen LogP) is 2.79. The lowest BCUT2D eigenvalue weighted by molar-refractivity contribution is 0.0728. The molecule has 0 saturated carbocycles. The Morgan fingerprint density at radius 1 is 1.73 bits per heavy atom. The summed E-state index contributed by atoms with van der Waals surface area (Å²) < 4.78 is 0.929. The van der Waals surface area contributed by atoms with E-state index >= 15 is 0 Å². The molecule has 1 amide bonds. The second-order valence-corrected chi connectivity index (χ2v) is 4.85. The van der Waals surface area contributed by atoms with E-state index in [-0.39, 0.29) is 5.91 Å². The van der Waals surface area contributed by atoms with E-state index in [2.05, 4.69) is 27.8 Å². The molecule has 1 fully saturated rings. The van der Waals surface area contributed by atoms with Crippen LogP contribution in [0.1, 0.15) is 36.7 Å². The summed E-state index contributed by atoms with van der Waals surface area (Å²) in [5.74, 6) is 0.130. The van der Waals surface area contributed by atoms with Crippen molar-refractivity contribution in [3.05, 3.63) is 22.4 Å². The molecule has 1 aromatic heterocycles. The summed E-state index contributed by atoms with van der Waals surface area (Å²) in [5.41, 5.74) is 0.683. The van der Waals surface area contributed by atoms with Crippen LogP contribution >= 0.6 is 15.9 Å². The number of carbonyl (C=O) groups is 1. The van der Waals surface area contributed by atoms with Gasteiger partial charge in [0.25, 0.3) is 5.91 Å². The third-order valence-corrected chi connectivity index (χ3v) is 3.45. The van der Waals surface area contributed by atoms with E-state index in [1.54, 1.807) is 6.20 Å². The summed E-state index contributed by atoms with van der Waals surface area (Å²) in [5, 5.41) is 0. The number of nitrogens with zero attached hydrogens (tertiary/aromatic N) is 1. The summed E-state index contributed by atoms with van der Waals surface area (Å²) in [4.78, 5) is 17.1. The van der Waals surface area contributed by atoms with Crippen molar-refractivity contribution in [2.24, 2.45) is 0 Å². The van der Waals surface area contributed by atoms with E-state index < -0.39 is 0 Å². The van der Waals surface area contributed by atoms with E-state index in [0.717, 1.165) is 30.3 Å². The van der Waals surface area contributed by atoms with Crippen molar-refractivity contribution >= 4 is 21.8 Å². The number of carbonyl (C=O) groups excluding carboxylic acids is 1. The highest BCUT2D eigenvalue weighted by Crippen LogP contribution is 2.22. The minimum atomic E-state index is 0.130. The first-order valence-electron chi connectivity index (χ1n) is 5.37.